The Morgan fingerprint density at radius 2 is 2.10 bits per heavy atom. The van der Waals surface area contributed by atoms with Crippen molar-refractivity contribution in [1.82, 2.24) is 14.7 Å². The molecule has 1 saturated heterocycles. The molecule has 0 radical (unpaired) electrons. The number of para-hydroxylation sites is 1. The topological polar surface area (TPSA) is 81.5 Å². The fraction of sp³-hybridized carbons (Fsp3) is 0.524. The van der Waals surface area contributed by atoms with E-state index < -0.39 is 9.84 Å². The van der Waals surface area contributed by atoms with Crippen molar-refractivity contribution in [3.63, 3.8) is 0 Å². The van der Waals surface area contributed by atoms with Crippen LogP contribution in [0.1, 0.15) is 40.2 Å². The van der Waals surface area contributed by atoms with Gasteiger partial charge < -0.3 is 9.64 Å². The third-order valence-electron chi connectivity index (χ3n) is 5.92. The molecule has 4 rings (SSSR count). The van der Waals surface area contributed by atoms with E-state index in [1.54, 1.807) is 12.0 Å². The summed E-state index contributed by atoms with van der Waals surface area (Å²) in [5, 5.41) is 4.73. The highest BCUT2D eigenvalue weighted by Gasteiger charge is 2.37. The SMILES string of the molecule is COCCN(C(=O)c1nn(-c2ccccc2C)c2c1CCC2)C1CCS(=O)(=O)C1. The van der Waals surface area contributed by atoms with E-state index in [1.165, 1.54) is 0 Å². The molecule has 1 aliphatic heterocycles. The Bertz CT molecular complexity index is 1030. The largest absolute Gasteiger partial charge is 0.383 e. The summed E-state index contributed by atoms with van der Waals surface area (Å²) in [4.78, 5) is 15.2. The Hall–Kier alpha value is -2.19. The van der Waals surface area contributed by atoms with Crippen LogP contribution in [0, 0.1) is 6.92 Å². The third-order valence-corrected chi connectivity index (χ3v) is 7.67. The Balaban J connectivity index is 1.72. The number of aryl methyl sites for hydroxylation is 1. The summed E-state index contributed by atoms with van der Waals surface area (Å²) >= 11 is 0. The summed E-state index contributed by atoms with van der Waals surface area (Å²) in [5.41, 5.74) is 4.63. The molecular weight excluding hydrogens is 390 g/mol. The number of sulfone groups is 1. The average Bonchev–Trinajstić information content (AvgIpc) is 3.38. The van der Waals surface area contributed by atoms with Gasteiger partial charge in [0, 0.05) is 31.0 Å². The molecule has 1 aromatic heterocycles. The Labute approximate surface area is 171 Å². The molecule has 1 atom stereocenters. The number of rotatable bonds is 6. The van der Waals surface area contributed by atoms with E-state index in [2.05, 4.69) is 0 Å². The van der Waals surface area contributed by atoms with E-state index >= 15 is 0 Å². The van der Waals surface area contributed by atoms with Gasteiger partial charge in [-0.25, -0.2) is 13.1 Å². The highest BCUT2D eigenvalue weighted by Crippen LogP contribution is 2.30. The first kappa shape index (κ1) is 20.1. The van der Waals surface area contributed by atoms with Crippen molar-refractivity contribution in [2.24, 2.45) is 0 Å². The summed E-state index contributed by atoms with van der Waals surface area (Å²) in [7, 11) is -1.51. The number of methoxy groups -OCH3 is 1. The summed E-state index contributed by atoms with van der Waals surface area (Å²) in [6.07, 6.45) is 3.18. The molecule has 29 heavy (non-hydrogen) atoms. The smallest absolute Gasteiger partial charge is 0.275 e. The Kier molecular flexibility index (Phi) is 5.48. The zero-order chi connectivity index (χ0) is 20.6. The van der Waals surface area contributed by atoms with Crippen LogP contribution in [-0.4, -0.2) is 66.8 Å². The Morgan fingerprint density at radius 3 is 2.79 bits per heavy atom. The lowest BCUT2D eigenvalue weighted by Gasteiger charge is -2.27. The zero-order valence-electron chi connectivity index (χ0n) is 16.9. The minimum absolute atomic E-state index is 0.0170. The highest BCUT2D eigenvalue weighted by molar-refractivity contribution is 7.91. The van der Waals surface area contributed by atoms with Crippen molar-refractivity contribution in [1.29, 1.82) is 0 Å². The summed E-state index contributed by atoms with van der Waals surface area (Å²) in [6, 6.07) is 7.70. The van der Waals surface area contributed by atoms with E-state index in [0.29, 0.717) is 25.3 Å². The lowest BCUT2D eigenvalue weighted by molar-refractivity contribution is 0.0617. The molecule has 0 bridgehead atoms. The monoisotopic (exact) mass is 417 g/mol. The van der Waals surface area contributed by atoms with Crippen molar-refractivity contribution in [2.75, 3.05) is 31.8 Å². The van der Waals surface area contributed by atoms with Crippen molar-refractivity contribution in [3.05, 3.63) is 46.8 Å². The fourth-order valence-corrected chi connectivity index (χ4v) is 6.14. The van der Waals surface area contributed by atoms with Crippen LogP contribution >= 0.6 is 0 Å². The van der Waals surface area contributed by atoms with Gasteiger partial charge in [0.1, 0.15) is 0 Å². The van der Waals surface area contributed by atoms with Gasteiger partial charge in [0.2, 0.25) is 0 Å². The third kappa shape index (κ3) is 3.83. The van der Waals surface area contributed by atoms with Gasteiger partial charge >= 0.3 is 0 Å². The second-order valence-electron chi connectivity index (χ2n) is 7.87. The molecule has 0 saturated carbocycles. The fourth-order valence-electron chi connectivity index (χ4n) is 4.41. The first-order chi connectivity index (χ1) is 13.9. The van der Waals surface area contributed by atoms with Gasteiger partial charge in [0.25, 0.3) is 5.91 Å². The number of fused-ring (bicyclic) bond motifs is 1. The van der Waals surface area contributed by atoms with E-state index in [1.807, 2.05) is 35.9 Å². The first-order valence-corrected chi connectivity index (χ1v) is 11.9. The molecule has 1 aliphatic carbocycles. The predicted octanol–water partition coefficient (Wildman–Crippen LogP) is 1.95. The molecule has 0 N–H and O–H groups in total. The van der Waals surface area contributed by atoms with Gasteiger partial charge in [-0.2, -0.15) is 5.10 Å². The van der Waals surface area contributed by atoms with Crippen LogP contribution in [0.3, 0.4) is 0 Å². The zero-order valence-corrected chi connectivity index (χ0v) is 17.7. The lowest BCUT2D eigenvalue weighted by Crippen LogP contribution is -2.43. The second-order valence-corrected chi connectivity index (χ2v) is 10.1. The maximum Gasteiger partial charge on any atom is 0.275 e. The minimum atomic E-state index is -3.10. The van der Waals surface area contributed by atoms with Crippen LogP contribution in [0.15, 0.2) is 24.3 Å². The van der Waals surface area contributed by atoms with Crippen LogP contribution in [-0.2, 0) is 27.4 Å². The summed E-state index contributed by atoms with van der Waals surface area (Å²) < 4.78 is 31.1. The molecule has 1 aromatic carbocycles. The quantitative estimate of drug-likeness (QED) is 0.718. The molecule has 1 unspecified atom stereocenters. The number of carbonyl (C=O) groups is 1. The number of hydrogen-bond donors (Lipinski definition) is 0. The van der Waals surface area contributed by atoms with Crippen molar-refractivity contribution in [2.45, 2.75) is 38.6 Å². The first-order valence-electron chi connectivity index (χ1n) is 10.1. The standard InChI is InChI=1S/C21H27N3O4S/c1-15-6-3-4-8-18(15)24-19-9-5-7-17(19)20(22-24)21(25)23(11-12-28-2)16-10-13-29(26,27)14-16/h3-4,6,8,16H,5,7,9-14H2,1-2H3. The molecule has 2 aromatic rings. The number of ether oxygens (including phenoxy) is 1. The maximum atomic E-state index is 13.5. The molecule has 1 amide bonds. The number of hydrogen-bond acceptors (Lipinski definition) is 5. The summed E-state index contributed by atoms with van der Waals surface area (Å²) in [5.74, 6) is -0.0394. The molecular formula is C21H27N3O4S. The normalized spacial score (nSPS) is 20.0. The van der Waals surface area contributed by atoms with Crippen molar-refractivity contribution in [3.8, 4) is 5.69 Å². The van der Waals surface area contributed by atoms with E-state index in [9.17, 15) is 13.2 Å². The predicted molar refractivity (Wildman–Crippen MR) is 110 cm³/mol. The van der Waals surface area contributed by atoms with Crippen LogP contribution in [0.2, 0.25) is 0 Å². The van der Waals surface area contributed by atoms with Crippen LogP contribution in [0.25, 0.3) is 5.69 Å². The molecule has 0 spiro atoms. The number of aromatic nitrogens is 2. The Morgan fingerprint density at radius 1 is 1.31 bits per heavy atom. The molecule has 2 heterocycles. The molecule has 156 valence electrons. The molecule has 2 aliphatic rings. The van der Waals surface area contributed by atoms with E-state index in [-0.39, 0.29) is 23.5 Å². The molecule has 1 fully saturated rings. The highest BCUT2D eigenvalue weighted by atomic mass is 32.2. The van der Waals surface area contributed by atoms with Crippen LogP contribution in [0.4, 0.5) is 0 Å². The van der Waals surface area contributed by atoms with Gasteiger partial charge in [-0.3, -0.25) is 4.79 Å². The molecule has 8 heteroatoms. The minimum Gasteiger partial charge on any atom is -0.383 e. The van der Waals surface area contributed by atoms with Gasteiger partial charge in [0.05, 0.1) is 23.8 Å². The van der Waals surface area contributed by atoms with Crippen LogP contribution in [0.5, 0.6) is 0 Å². The second kappa shape index (κ2) is 7.91. The van der Waals surface area contributed by atoms with Crippen LogP contribution < -0.4 is 0 Å². The van der Waals surface area contributed by atoms with Gasteiger partial charge in [0.15, 0.2) is 15.5 Å². The number of amides is 1. The average molecular weight is 418 g/mol. The van der Waals surface area contributed by atoms with E-state index in [0.717, 1.165) is 41.8 Å². The van der Waals surface area contributed by atoms with Gasteiger partial charge in [-0.15, -0.1) is 0 Å². The van der Waals surface area contributed by atoms with Gasteiger partial charge in [-0.1, -0.05) is 18.2 Å². The van der Waals surface area contributed by atoms with Gasteiger partial charge in [-0.05, 0) is 44.2 Å². The van der Waals surface area contributed by atoms with E-state index in [4.69, 9.17) is 9.84 Å². The number of benzene rings is 1. The lowest BCUT2D eigenvalue weighted by atomic mass is 10.1. The number of carbonyl (C=O) groups excluding carboxylic acids is 1. The molecule has 7 nitrogen and oxygen atoms in total. The summed E-state index contributed by atoms with van der Waals surface area (Å²) in [6.45, 7) is 2.76. The van der Waals surface area contributed by atoms with Crippen molar-refractivity contribution < 1.29 is 17.9 Å². The maximum absolute atomic E-state index is 13.5. The van der Waals surface area contributed by atoms with Crippen molar-refractivity contribution >= 4 is 15.7 Å². The number of nitrogens with zero attached hydrogens (tertiary/aromatic N) is 3.